The van der Waals surface area contributed by atoms with Gasteiger partial charge in [-0.3, -0.25) is 19.2 Å². The molecular weight excluding hydrogens is 422 g/mol. The Hall–Kier alpha value is -2.42. The maximum Gasteiger partial charge on any atom is 0.328 e. The van der Waals surface area contributed by atoms with Crippen LogP contribution in [-0.2, 0) is 24.0 Å². The van der Waals surface area contributed by atoms with Crippen molar-refractivity contribution >= 4 is 41.4 Å². The Morgan fingerprint density at radius 3 is 1.97 bits per heavy atom. The van der Waals surface area contributed by atoms with Crippen molar-refractivity contribution in [3.8, 4) is 0 Å². The predicted molar refractivity (Wildman–Crippen MR) is 107 cm³/mol. The Kier molecular flexibility index (Phi) is 12.6. The van der Waals surface area contributed by atoms with Crippen LogP contribution in [0.4, 0.5) is 0 Å². The summed E-state index contributed by atoms with van der Waals surface area (Å²) in [6.07, 6.45) is -0.192. The van der Waals surface area contributed by atoms with Gasteiger partial charge in [-0.15, -0.1) is 0 Å². The molecule has 0 aromatic carbocycles. The second-order valence-electron chi connectivity index (χ2n) is 6.43. The number of aliphatic hydroxyl groups is 2. The zero-order valence-corrected chi connectivity index (χ0v) is 17.5. The quantitative estimate of drug-likeness (QED) is 0.127. The predicted octanol–water partition coefficient (Wildman–Crippen LogP) is -4.15. The third-order valence-electron chi connectivity index (χ3n) is 3.86. The normalized spacial score (nSPS) is 15.8. The van der Waals surface area contributed by atoms with Crippen LogP contribution in [0, 0.1) is 0 Å². The number of carbonyl (C=O) groups excluding carboxylic acids is 4. The van der Waals surface area contributed by atoms with Gasteiger partial charge in [-0.05, 0) is 25.4 Å². The molecule has 0 saturated heterocycles. The van der Waals surface area contributed by atoms with Crippen molar-refractivity contribution in [1.82, 2.24) is 16.0 Å². The third kappa shape index (κ3) is 9.87. The number of carbonyl (C=O) groups is 5. The fourth-order valence-electron chi connectivity index (χ4n) is 2.19. The topological polar surface area (TPSA) is 234 Å². The summed E-state index contributed by atoms with van der Waals surface area (Å²) in [4.78, 5) is 59.4. The molecule has 0 saturated carbocycles. The summed E-state index contributed by atoms with van der Waals surface area (Å²) in [5, 5.41) is 34.1. The molecular formula is C16H29N5O8S. The van der Waals surface area contributed by atoms with Gasteiger partial charge in [0.25, 0.3) is 0 Å². The van der Waals surface area contributed by atoms with E-state index in [0.717, 1.165) is 6.92 Å². The second kappa shape index (κ2) is 13.7. The molecule has 172 valence electrons. The molecule has 10 N–H and O–H groups in total. The number of hydrogen-bond donors (Lipinski definition) is 8. The molecule has 0 heterocycles. The number of thioether (sulfide) groups is 1. The molecule has 4 amide bonds. The van der Waals surface area contributed by atoms with Crippen molar-refractivity contribution in [2.75, 3.05) is 18.6 Å². The molecule has 0 bridgehead atoms. The van der Waals surface area contributed by atoms with Crippen LogP contribution in [0.2, 0.25) is 0 Å². The summed E-state index contributed by atoms with van der Waals surface area (Å²) < 4.78 is 0. The van der Waals surface area contributed by atoms with Crippen molar-refractivity contribution < 1.29 is 39.3 Å². The van der Waals surface area contributed by atoms with E-state index in [-0.39, 0.29) is 6.42 Å². The standard InChI is InChI=1S/C16H29N5O8S/c1-7(23)12(16(28)29)21-15(27)10(5-11(18)24)20-14(26)9(3-4-30-2)19-13(25)8(17)6-22/h7-10,12,22-23H,3-6,17H2,1-2H3,(H2,18,24)(H,19,25)(H,20,26)(H,21,27)(H,28,29). The second-order valence-corrected chi connectivity index (χ2v) is 7.41. The lowest BCUT2D eigenvalue weighted by Gasteiger charge is -2.25. The first-order valence-electron chi connectivity index (χ1n) is 8.90. The fraction of sp³-hybridized carbons (Fsp3) is 0.688. The summed E-state index contributed by atoms with van der Waals surface area (Å²) in [6, 6.07) is -5.63. The van der Waals surface area contributed by atoms with Crippen molar-refractivity contribution in [2.24, 2.45) is 11.5 Å². The van der Waals surface area contributed by atoms with Gasteiger partial charge in [0.1, 0.15) is 18.1 Å². The van der Waals surface area contributed by atoms with E-state index in [9.17, 15) is 29.1 Å². The number of primary amides is 1. The number of aliphatic hydroxyl groups excluding tert-OH is 2. The maximum absolute atomic E-state index is 12.6. The molecule has 0 aliphatic rings. The van der Waals surface area contributed by atoms with Gasteiger partial charge < -0.3 is 42.7 Å². The molecule has 5 atom stereocenters. The molecule has 0 aliphatic heterocycles. The molecule has 14 heteroatoms. The average Bonchev–Trinajstić information content (AvgIpc) is 2.66. The average molecular weight is 452 g/mol. The monoisotopic (exact) mass is 451 g/mol. The minimum Gasteiger partial charge on any atom is -0.480 e. The van der Waals surface area contributed by atoms with Crippen molar-refractivity contribution in [2.45, 2.75) is 50.0 Å². The number of aliphatic carboxylic acids is 1. The Morgan fingerprint density at radius 1 is 1.00 bits per heavy atom. The largest absolute Gasteiger partial charge is 0.480 e. The van der Waals surface area contributed by atoms with Crippen LogP contribution in [0.3, 0.4) is 0 Å². The molecule has 0 rings (SSSR count). The van der Waals surface area contributed by atoms with Crippen LogP contribution < -0.4 is 27.4 Å². The number of carboxylic acid groups (broad SMARTS) is 1. The first kappa shape index (κ1) is 27.6. The van der Waals surface area contributed by atoms with Gasteiger partial charge >= 0.3 is 5.97 Å². The van der Waals surface area contributed by atoms with E-state index in [1.807, 2.05) is 5.32 Å². The molecule has 5 unspecified atom stereocenters. The number of nitrogens with two attached hydrogens (primary N) is 2. The molecule has 0 aliphatic carbocycles. The lowest BCUT2D eigenvalue weighted by molar-refractivity contribution is -0.145. The smallest absolute Gasteiger partial charge is 0.328 e. The van der Waals surface area contributed by atoms with E-state index in [1.54, 1.807) is 6.26 Å². The first-order chi connectivity index (χ1) is 13.9. The summed E-state index contributed by atoms with van der Waals surface area (Å²) >= 11 is 1.38. The molecule has 0 aromatic heterocycles. The first-order valence-corrected chi connectivity index (χ1v) is 10.3. The molecule has 13 nitrogen and oxygen atoms in total. The van der Waals surface area contributed by atoms with E-state index in [0.29, 0.717) is 5.75 Å². The zero-order chi connectivity index (χ0) is 23.4. The zero-order valence-electron chi connectivity index (χ0n) is 16.7. The molecule has 0 fully saturated rings. The highest BCUT2D eigenvalue weighted by atomic mass is 32.2. The molecule has 0 spiro atoms. The Balaban J connectivity index is 5.43. The van der Waals surface area contributed by atoms with Crippen LogP contribution in [0.1, 0.15) is 19.8 Å². The van der Waals surface area contributed by atoms with E-state index in [1.165, 1.54) is 11.8 Å². The van der Waals surface area contributed by atoms with Crippen LogP contribution in [0.25, 0.3) is 0 Å². The molecule has 30 heavy (non-hydrogen) atoms. The van der Waals surface area contributed by atoms with Gasteiger partial charge in [-0.2, -0.15) is 11.8 Å². The van der Waals surface area contributed by atoms with Crippen molar-refractivity contribution in [3.05, 3.63) is 0 Å². The van der Waals surface area contributed by atoms with Crippen LogP contribution in [0.5, 0.6) is 0 Å². The van der Waals surface area contributed by atoms with Gasteiger partial charge in [-0.1, -0.05) is 0 Å². The van der Waals surface area contributed by atoms with Crippen LogP contribution in [-0.4, -0.2) is 93.8 Å². The van der Waals surface area contributed by atoms with E-state index in [2.05, 4.69) is 10.6 Å². The van der Waals surface area contributed by atoms with Gasteiger partial charge in [0.2, 0.25) is 23.6 Å². The number of carboxylic acids is 1. The summed E-state index contributed by atoms with van der Waals surface area (Å²) in [7, 11) is 0. The fourth-order valence-corrected chi connectivity index (χ4v) is 2.66. The van der Waals surface area contributed by atoms with E-state index < -0.39 is 72.9 Å². The Bertz CT molecular complexity index is 633. The van der Waals surface area contributed by atoms with Crippen LogP contribution >= 0.6 is 11.8 Å². The highest BCUT2D eigenvalue weighted by Crippen LogP contribution is 2.04. The maximum atomic E-state index is 12.6. The summed E-state index contributed by atoms with van der Waals surface area (Å²) in [5.74, 6) is -4.72. The number of amides is 4. The Morgan fingerprint density at radius 2 is 1.53 bits per heavy atom. The minimum absolute atomic E-state index is 0.146. The minimum atomic E-state index is -1.68. The van der Waals surface area contributed by atoms with Gasteiger partial charge in [0.15, 0.2) is 6.04 Å². The molecule has 0 aromatic rings. The van der Waals surface area contributed by atoms with Crippen LogP contribution in [0.15, 0.2) is 0 Å². The lowest BCUT2D eigenvalue weighted by Crippen LogP contribution is -2.59. The SMILES string of the molecule is CSCCC(NC(=O)C(N)CO)C(=O)NC(CC(N)=O)C(=O)NC(C(=O)O)C(C)O. The summed E-state index contributed by atoms with van der Waals surface area (Å²) in [6.45, 7) is 0.491. The lowest BCUT2D eigenvalue weighted by atomic mass is 10.1. The Labute approximate surface area is 177 Å². The third-order valence-corrected chi connectivity index (χ3v) is 4.51. The van der Waals surface area contributed by atoms with Crippen molar-refractivity contribution in [1.29, 1.82) is 0 Å². The van der Waals surface area contributed by atoms with E-state index in [4.69, 9.17) is 21.7 Å². The molecule has 0 radical (unpaired) electrons. The highest BCUT2D eigenvalue weighted by Gasteiger charge is 2.32. The van der Waals surface area contributed by atoms with E-state index >= 15 is 0 Å². The number of nitrogens with one attached hydrogen (secondary N) is 3. The highest BCUT2D eigenvalue weighted by molar-refractivity contribution is 7.98. The van der Waals surface area contributed by atoms with Gasteiger partial charge in [0, 0.05) is 0 Å². The van der Waals surface area contributed by atoms with Crippen molar-refractivity contribution in [3.63, 3.8) is 0 Å². The number of hydrogen-bond acceptors (Lipinski definition) is 9. The summed E-state index contributed by atoms with van der Waals surface area (Å²) in [5.41, 5.74) is 10.5. The number of rotatable bonds is 14. The van der Waals surface area contributed by atoms with Gasteiger partial charge in [-0.25, -0.2) is 4.79 Å². The van der Waals surface area contributed by atoms with Gasteiger partial charge in [0.05, 0.1) is 19.1 Å².